The summed E-state index contributed by atoms with van der Waals surface area (Å²) in [6.45, 7) is 4.87. The number of phosphoric acid groups is 1. The van der Waals surface area contributed by atoms with Crippen LogP contribution in [0.25, 0.3) is 0 Å². The molecule has 0 aliphatic carbocycles. The fourth-order valence-electron chi connectivity index (χ4n) is 5.63. The van der Waals surface area contributed by atoms with Crippen molar-refractivity contribution in [1.82, 2.24) is 26.6 Å². The van der Waals surface area contributed by atoms with Crippen LogP contribution >= 0.6 is 7.82 Å². The number of hydrogen-bond donors (Lipinski definition) is 16. The molecule has 0 aromatic carbocycles. The molecule has 0 aliphatic heterocycles. The second-order valence-corrected chi connectivity index (χ2v) is 15.6. The van der Waals surface area contributed by atoms with Crippen molar-refractivity contribution in [2.24, 2.45) is 66.8 Å². The van der Waals surface area contributed by atoms with Gasteiger partial charge in [0.25, 0.3) is 0 Å². The Morgan fingerprint density at radius 3 is 1.41 bits per heavy atom. The van der Waals surface area contributed by atoms with Gasteiger partial charge in [-0.1, -0.05) is 34.1 Å². The molecule has 0 aliphatic rings. The molecule has 0 bridgehead atoms. The number of carboxylic acid groups (broad SMARTS) is 1. The van der Waals surface area contributed by atoms with E-state index in [2.05, 4.69) is 41.6 Å². The maximum atomic E-state index is 14.0. The highest BCUT2D eigenvalue weighted by Crippen LogP contribution is 2.38. The van der Waals surface area contributed by atoms with Crippen molar-refractivity contribution < 1.29 is 52.7 Å². The van der Waals surface area contributed by atoms with Gasteiger partial charge in [0, 0.05) is 19.6 Å². The maximum Gasteiger partial charge on any atom is 0.469 e. The second kappa shape index (κ2) is 31.5. The van der Waals surface area contributed by atoms with Crippen molar-refractivity contribution in [3.05, 3.63) is 0 Å². The molecule has 24 N–H and O–H groups in total. The fourth-order valence-corrected chi connectivity index (χ4v) is 6.19. The Morgan fingerprint density at radius 2 is 1.00 bits per heavy atom. The van der Waals surface area contributed by atoms with Crippen LogP contribution in [-0.4, -0.2) is 137 Å². The van der Waals surface area contributed by atoms with E-state index in [0.29, 0.717) is 19.4 Å². The number of guanidine groups is 3. The third-order valence-electron chi connectivity index (χ3n) is 9.17. The highest BCUT2D eigenvalue weighted by Gasteiger charge is 2.38. The SMILES string of the molecule is C.CCC(C)C(NC(=O)C(NC(=O)C(CCCN=C(N)N)NC(=O)C(N)CCCCN)C(C)OP(=O)(O)O)C(=O)NC(CCCN=C(N)N)C(=O)NC(CCCN=C(N)N)C(=O)O. The molecule has 28 heteroatoms. The molecule has 5 amide bonds. The molecular weight excluding hydrogens is 851 g/mol. The number of carbonyl (C=O) groups excluding carboxylic acids is 5. The zero-order chi connectivity index (χ0) is 47.6. The number of rotatable bonds is 32. The summed E-state index contributed by atoms with van der Waals surface area (Å²) in [4.78, 5) is 111. The number of nitrogens with zero attached hydrogens (tertiary/aromatic N) is 3. The number of unbranched alkanes of at least 4 members (excludes halogenated alkanes) is 1. The zero-order valence-corrected chi connectivity index (χ0v) is 36.4. The Balaban J connectivity index is 0. The number of aliphatic carboxylic acids is 1. The smallest absolute Gasteiger partial charge is 0.469 e. The Labute approximate surface area is 367 Å². The van der Waals surface area contributed by atoms with E-state index in [-0.39, 0.29) is 96.3 Å². The van der Waals surface area contributed by atoms with Crippen LogP contribution in [0, 0.1) is 5.92 Å². The Bertz CT molecular complexity index is 1590. The average molecular weight is 925 g/mol. The monoisotopic (exact) mass is 925 g/mol. The van der Waals surface area contributed by atoms with Gasteiger partial charge in [0.1, 0.15) is 30.2 Å². The minimum Gasteiger partial charge on any atom is -0.480 e. The van der Waals surface area contributed by atoms with Crippen LogP contribution in [0.15, 0.2) is 15.0 Å². The number of phosphoric ester groups is 1. The Hall–Kier alpha value is -5.34. The number of aliphatic imine (C=N–C) groups is 3. The van der Waals surface area contributed by atoms with Crippen molar-refractivity contribution in [1.29, 1.82) is 0 Å². The molecule has 0 rings (SSSR count). The van der Waals surface area contributed by atoms with Crippen molar-refractivity contribution >= 4 is 61.2 Å². The number of carbonyl (C=O) groups is 6. The number of amides is 5. The van der Waals surface area contributed by atoms with Gasteiger partial charge in [-0.3, -0.25) is 43.5 Å². The fraction of sp³-hybridized carbons (Fsp3) is 0.743. The summed E-state index contributed by atoms with van der Waals surface area (Å²) < 4.78 is 16.7. The first-order valence-corrected chi connectivity index (χ1v) is 21.6. The van der Waals surface area contributed by atoms with Crippen LogP contribution < -0.4 is 72.5 Å². The first kappa shape index (κ1) is 59.8. The largest absolute Gasteiger partial charge is 0.480 e. The van der Waals surface area contributed by atoms with Gasteiger partial charge in [0.05, 0.1) is 12.1 Å². The van der Waals surface area contributed by atoms with E-state index < -0.39 is 91.6 Å². The van der Waals surface area contributed by atoms with E-state index in [4.69, 9.17) is 50.4 Å². The van der Waals surface area contributed by atoms with Crippen molar-refractivity contribution in [3.8, 4) is 0 Å². The first-order valence-electron chi connectivity index (χ1n) is 20.0. The van der Waals surface area contributed by atoms with Crippen LogP contribution in [0.5, 0.6) is 0 Å². The summed E-state index contributed by atoms with van der Waals surface area (Å²) in [6, 6.07) is -8.58. The van der Waals surface area contributed by atoms with Crippen molar-refractivity contribution in [2.75, 3.05) is 26.2 Å². The molecule has 0 heterocycles. The maximum absolute atomic E-state index is 14.0. The van der Waals surface area contributed by atoms with Crippen LogP contribution in [0.1, 0.15) is 92.4 Å². The lowest BCUT2D eigenvalue weighted by Crippen LogP contribution is -2.62. The van der Waals surface area contributed by atoms with E-state index in [1.807, 2.05) is 0 Å². The number of hydrogen-bond acceptors (Lipinski definition) is 13. The molecular formula is C35H73N16O11P. The molecule has 0 aromatic rings. The Kier molecular flexibility index (Phi) is 29.9. The van der Waals surface area contributed by atoms with Gasteiger partial charge in [-0.05, 0) is 70.8 Å². The number of nitrogens with two attached hydrogens (primary N) is 8. The van der Waals surface area contributed by atoms with Crippen LogP contribution in [0.2, 0.25) is 0 Å². The van der Waals surface area contributed by atoms with Gasteiger partial charge in [-0.25, -0.2) is 9.36 Å². The lowest BCUT2D eigenvalue weighted by atomic mass is 9.96. The molecule has 63 heavy (non-hydrogen) atoms. The van der Waals surface area contributed by atoms with Gasteiger partial charge in [0.2, 0.25) is 29.5 Å². The van der Waals surface area contributed by atoms with Gasteiger partial charge < -0.3 is 87.3 Å². The molecule has 0 spiro atoms. The highest BCUT2D eigenvalue weighted by atomic mass is 31.2. The summed E-state index contributed by atoms with van der Waals surface area (Å²) in [5.41, 5.74) is 43.8. The summed E-state index contributed by atoms with van der Waals surface area (Å²) in [5.74, 6) is -7.39. The number of nitrogens with one attached hydrogen (secondary N) is 5. The second-order valence-electron chi connectivity index (χ2n) is 14.4. The van der Waals surface area contributed by atoms with Crippen LogP contribution in [-0.2, 0) is 37.9 Å². The highest BCUT2D eigenvalue weighted by molar-refractivity contribution is 7.46. The van der Waals surface area contributed by atoms with E-state index >= 15 is 0 Å². The molecule has 0 radical (unpaired) electrons. The third kappa shape index (κ3) is 26.7. The molecule has 0 aromatic heterocycles. The lowest BCUT2D eigenvalue weighted by molar-refractivity contribution is -0.142. The summed E-state index contributed by atoms with van der Waals surface area (Å²) >= 11 is 0. The number of carboxylic acids is 1. The minimum absolute atomic E-state index is 0. The minimum atomic E-state index is -5.30. The van der Waals surface area contributed by atoms with E-state index in [1.165, 1.54) is 0 Å². The summed E-state index contributed by atoms with van der Waals surface area (Å²) in [5, 5.41) is 22.1. The Morgan fingerprint density at radius 1 is 0.603 bits per heavy atom. The normalized spacial score (nSPS) is 14.8. The topological polar surface area (TPSA) is 495 Å². The van der Waals surface area contributed by atoms with Gasteiger partial charge in [-0.15, -0.1) is 0 Å². The zero-order valence-electron chi connectivity index (χ0n) is 35.5. The van der Waals surface area contributed by atoms with Gasteiger partial charge in [0.15, 0.2) is 17.9 Å². The van der Waals surface area contributed by atoms with Crippen molar-refractivity contribution in [3.63, 3.8) is 0 Å². The molecule has 8 unspecified atom stereocenters. The third-order valence-corrected chi connectivity index (χ3v) is 9.78. The predicted octanol–water partition coefficient (Wildman–Crippen LogP) is -4.71. The quantitative estimate of drug-likeness (QED) is 0.0130. The van der Waals surface area contributed by atoms with Gasteiger partial charge in [-0.2, -0.15) is 0 Å². The first-order chi connectivity index (χ1) is 28.9. The molecule has 27 nitrogen and oxygen atoms in total. The van der Waals surface area contributed by atoms with E-state index in [1.54, 1.807) is 13.8 Å². The predicted molar refractivity (Wildman–Crippen MR) is 237 cm³/mol. The average Bonchev–Trinajstić information content (AvgIpc) is 3.17. The molecule has 8 atom stereocenters. The molecule has 0 saturated heterocycles. The standard InChI is InChI=1S/C34H69N16O11P.CH4/c1-4-18(2)24(29(54)47-21(11-7-15-43-32(37)38)27(52)48-23(31(56)57)13-9-17-45-34(41)42)49-30(55)25(19(3)61-62(58,59)60)50-28(53)22(12-8-16-44-33(39)40)46-26(51)20(36)10-5-6-14-35;/h18-25H,4-17,35-36H2,1-3H3,(H,46,51)(H,47,54)(H,48,52)(H,49,55)(H,50,53)(H,56,57)(H4,37,38,43)(H4,39,40,44)(H4,41,42,45)(H2,58,59,60);1H4. The van der Waals surface area contributed by atoms with E-state index in [0.717, 1.165) is 6.92 Å². The van der Waals surface area contributed by atoms with Gasteiger partial charge >= 0.3 is 13.8 Å². The lowest BCUT2D eigenvalue weighted by Gasteiger charge is -2.31. The molecule has 0 saturated carbocycles. The summed E-state index contributed by atoms with van der Waals surface area (Å²) in [6.07, 6.45) is 0.0463. The van der Waals surface area contributed by atoms with Crippen LogP contribution in [0.4, 0.5) is 0 Å². The van der Waals surface area contributed by atoms with E-state index in [9.17, 15) is 48.2 Å². The molecule has 364 valence electrons. The summed E-state index contributed by atoms with van der Waals surface area (Å²) in [7, 11) is -5.30. The van der Waals surface area contributed by atoms with Crippen LogP contribution in [0.3, 0.4) is 0 Å². The van der Waals surface area contributed by atoms with Crippen molar-refractivity contribution in [2.45, 2.75) is 135 Å². The molecule has 0 fully saturated rings.